The fourth-order valence-corrected chi connectivity index (χ4v) is 14.2. The smallest absolute Gasteiger partial charge is 0.339 e. The maximum absolute atomic E-state index is 14.9. The Morgan fingerprint density at radius 1 is 0.622 bits per heavy atom. The van der Waals surface area contributed by atoms with Gasteiger partial charge in [-0.1, -0.05) is 31.4 Å². The standard InChI is InChI=1S/C37H46O6S2/c38-44(39,40)36-12-11-35(28-3-1-2-4-29(28)36)43-45(41,42)37-33(31-17-22-6-9-25(31)14-22)19-27(30-16-21-5-8-24(30)13-21)20-34(37)32-18-23-7-10-26(32)15-23/h11-12,19-26,30-32H,1-10,13-18H2,(H,38,39,40). The van der Waals surface area contributed by atoms with Crippen molar-refractivity contribution in [2.45, 2.75) is 130 Å². The number of rotatable bonds is 7. The van der Waals surface area contributed by atoms with Crippen LogP contribution >= 0.6 is 0 Å². The van der Waals surface area contributed by atoms with Crippen molar-refractivity contribution in [1.29, 1.82) is 0 Å². The van der Waals surface area contributed by atoms with Crippen molar-refractivity contribution in [3.63, 3.8) is 0 Å². The number of fused-ring (bicyclic) bond motifs is 7. The Morgan fingerprint density at radius 2 is 1.13 bits per heavy atom. The summed E-state index contributed by atoms with van der Waals surface area (Å²) in [5.41, 5.74) is 4.57. The van der Waals surface area contributed by atoms with Crippen LogP contribution in [0, 0.1) is 35.5 Å². The molecule has 0 heterocycles. The summed E-state index contributed by atoms with van der Waals surface area (Å²) >= 11 is 0. The molecule has 45 heavy (non-hydrogen) atoms. The SMILES string of the molecule is O=S(=O)(O)c1ccc(OS(=O)(=O)c2c(C3CC4CCC3C4)cc(C3CC4CCC3C4)cc2C2CC3CCC2C3)c2c1CCCC2. The summed E-state index contributed by atoms with van der Waals surface area (Å²) in [6.45, 7) is 0. The molecule has 6 saturated carbocycles. The molecule has 9 rings (SSSR count). The Hall–Kier alpha value is -1.90. The van der Waals surface area contributed by atoms with E-state index in [2.05, 4.69) is 12.1 Å². The predicted molar refractivity (Wildman–Crippen MR) is 172 cm³/mol. The lowest BCUT2D eigenvalue weighted by atomic mass is 9.75. The van der Waals surface area contributed by atoms with Crippen molar-refractivity contribution >= 4 is 20.2 Å². The Morgan fingerprint density at radius 3 is 1.60 bits per heavy atom. The lowest BCUT2D eigenvalue weighted by Gasteiger charge is -2.32. The second kappa shape index (κ2) is 10.6. The molecule has 1 N–H and O–H groups in total. The van der Waals surface area contributed by atoms with Gasteiger partial charge in [-0.25, -0.2) is 0 Å². The molecule has 0 saturated heterocycles. The quantitative estimate of drug-likeness (QED) is 0.239. The fourth-order valence-electron chi connectivity index (χ4n) is 11.9. The van der Waals surface area contributed by atoms with Gasteiger partial charge >= 0.3 is 10.1 Å². The minimum Gasteiger partial charge on any atom is -0.379 e. The van der Waals surface area contributed by atoms with Gasteiger partial charge < -0.3 is 4.18 Å². The van der Waals surface area contributed by atoms with Crippen molar-refractivity contribution in [2.75, 3.05) is 0 Å². The first-order valence-corrected chi connectivity index (χ1v) is 20.7. The van der Waals surface area contributed by atoms with Gasteiger partial charge in [0.05, 0.1) is 4.90 Å². The largest absolute Gasteiger partial charge is 0.379 e. The van der Waals surface area contributed by atoms with Crippen LogP contribution in [-0.2, 0) is 33.1 Å². The molecule has 8 heteroatoms. The molecule has 0 radical (unpaired) electrons. The molecule has 0 spiro atoms. The van der Waals surface area contributed by atoms with Crippen molar-refractivity contribution in [3.05, 3.63) is 52.1 Å². The van der Waals surface area contributed by atoms with Gasteiger partial charge in [0.1, 0.15) is 10.6 Å². The maximum atomic E-state index is 14.9. The van der Waals surface area contributed by atoms with Gasteiger partial charge in [-0.05, 0) is 171 Å². The first kappa shape index (κ1) is 29.3. The first-order chi connectivity index (χ1) is 21.6. The highest BCUT2D eigenvalue weighted by Crippen LogP contribution is 2.60. The van der Waals surface area contributed by atoms with Crippen molar-refractivity contribution in [1.82, 2.24) is 0 Å². The summed E-state index contributed by atoms with van der Waals surface area (Å²) < 4.78 is 70.4. The Bertz CT molecular complexity index is 1710. The number of hydrogen-bond acceptors (Lipinski definition) is 5. The van der Waals surface area contributed by atoms with E-state index in [1.54, 1.807) is 0 Å². The second-order valence-corrected chi connectivity index (χ2v) is 19.0. The van der Waals surface area contributed by atoms with Crippen molar-refractivity contribution in [2.24, 2.45) is 35.5 Å². The van der Waals surface area contributed by atoms with Crippen LogP contribution in [-0.4, -0.2) is 21.4 Å². The molecular formula is C37H46O6S2. The van der Waals surface area contributed by atoms with E-state index in [1.165, 1.54) is 81.9 Å². The van der Waals surface area contributed by atoms with Crippen LogP contribution in [0.25, 0.3) is 0 Å². The molecule has 7 aliphatic rings. The Kier molecular flexibility index (Phi) is 6.86. The summed E-state index contributed by atoms with van der Waals surface area (Å²) in [5, 5.41) is 0. The monoisotopic (exact) mass is 650 g/mol. The lowest BCUT2D eigenvalue weighted by molar-refractivity contribution is 0.392. The molecule has 0 aromatic heterocycles. The second-order valence-electron chi connectivity index (χ2n) is 16.1. The van der Waals surface area contributed by atoms with Gasteiger partial charge in [0, 0.05) is 5.56 Å². The summed E-state index contributed by atoms with van der Waals surface area (Å²) in [5.74, 6) is 5.27. The third kappa shape index (κ3) is 4.85. The molecule has 6 nitrogen and oxygen atoms in total. The van der Waals surface area contributed by atoms with Crippen LogP contribution in [0.3, 0.4) is 0 Å². The highest BCUT2D eigenvalue weighted by atomic mass is 32.2. The summed E-state index contributed by atoms with van der Waals surface area (Å²) in [7, 11) is -8.65. The molecule has 0 amide bonds. The van der Waals surface area contributed by atoms with E-state index in [0.29, 0.717) is 58.5 Å². The molecule has 0 aliphatic heterocycles. The molecular weight excluding hydrogens is 605 g/mol. The average molecular weight is 651 g/mol. The van der Waals surface area contributed by atoms with Gasteiger partial charge in [0.2, 0.25) is 0 Å². The molecule has 7 aliphatic carbocycles. The zero-order valence-electron chi connectivity index (χ0n) is 26.1. The Labute approximate surface area is 268 Å². The van der Waals surface area contributed by atoms with Crippen LogP contribution in [0.4, 0.5) is 0 Å². The Balaban J connectivity index is 1.20. The minimum absolute atomic E-state index is 0.123. The molecule has 9 unspecified atom stereocenters. The first-order valence-electron chi connectivity index (χ1n) is 17.9. The van der Waals surface area contributed by atoms with Gasteiger partial charge in [-0.2, -0.15) is 16.8 Å². The normalized spacial score (nSPS) is 36.6. The van der Waals surface area contributed by atoms with E-state index in [0.717, 1.165) is 48.6 Å². The number of hydrogen-bond donors (Lipinski definition) is 1. The number of benzene rings is 2. The third-order valence-corrected chi connectivity index (χ3v) is 16.1. The van der Waals surface area contributed by atoms with Crippen LogP contribution in [0.1, 0.15) is 135 Å². The lowest BCUT2D eigenvalue weighted by Crippen LogP contribution is -2.23. The van der Waals surface area contributed by atoms with E-state index in [-0.39, 0.29) is 22.5 Å². The zero-order valence-corrected chi connectivity index (χ0v) is 27.8. The minimum atomic E-state index is -4.42. The highest BCUT2D eigenvalue weighted by Gasteiger charge is 2.48. The molecule has 2 aromatic carbocycles. The third-order valence-electron chi connectivity index (χ3n) is 13.8. The van der Waals surface area contributed by atoms with E-state index >= 15 is 0 Å². The highest BCUT2D eigenvalue weighted by molar-refractivity contribution is 7.87. The van der Waals surface area contributed by atoms with E-state index in [9.17, 15) is 21.4 Å². The van der Waals surface area contributed by atoms with Gasteiger partial charge in [0.25, 0.3) is 10.1 Å². The van der Waals surface area contributed by atoms with Crippen molar-refractivity contribution in [3.8, 4) is 5.75 Å². The topological polar surface area (TPSA) is 97.7 Å². The van der Waals surface area contributed by atoms with Crippen molar-refractivity contribution < 1.29 is 25.6 Å². The molecule has 6 bridgehead atoms. The summed E-state index contributed by atoms with van der Waals surface area (Å²) in [6.07, 6.45) is 17.3. The van der Waals surface area contributed by atoms with Crippen LogP contribution in [0.5, 0.6) is 5.75 Å². The van der Waals surface area contributed by atoms with Crippen LogP contribution in [0.15, 0.2) is 34.1 Å². The molecule has 242 valence electrons. The molecule has 9 atom stereocenters. The van der Waals surface area contributed by atoms with E-state index in [1.807, 2.05) is 0 Å². The molecule has 6 fully saturated rings. The van der Waals surface area contributed by atoms with E-state index in [4.69, 9.17) is 4.18 Å². The van der Waals surface area contributed by atoms with Gasteiger partial charge in [-0.3, -0.25) is 4.55 Å². The predicted octanol–water partition coefficient (Wildman–Crippen LogP) is 8.29. The maximum Gasteiger partial charge on any atom is 0.339 e. The van der Waals surface area contributed by atoms with Gasteiger partial charge in [0.15, 0.2) is 0 Å². The fraction of sp³-hybridized carbons (Fsp3) is 0.676. The summed E-state index contributed by atoms with van der Waals surface area (Å²) in [6, 6.07) is 7.46. The average Bonchev–Trinajstić information content (AvgIpc) is 3.88. The van der Waals surface area contributed by atoms with E-state index < -0.39 is 20.2 Å². The van der Waals surface area contributed by atoms with Crippen LogP contribution in [0.2, 0.25) is 0 Å². The zero-order chi connectivity index (χ0) is 30.7. The van der Waals surface area contributed by atoms with Crippen LogP contribution < -0.4 is 4.18 Å². The summed E-state index contributed by atoms with van der Waals surface area (Å²) in [4.78, 5) is 0.329. The van der Waals surface area contributed by atoms with Gasteiger partial charge in [-0.15, -0.1) is 0 Å². The molecule has 2 aromatic rings.